The molecule has 1 atom stereocenters. The van der Waals surface area contributed by atoms with E-state index >= 15 is 0 Å². The molecule has 1 unspecified atom stereocenters. The van der Waals surface area contributed by atoms with Crippen LogP contribution in [-0.4, -0.2) is 37.2 Å². The first kappa shape index (κ1) is 69.9. The number of esters is 3. The van der Waals surface area contributed by atoms with Crippen LogP contribution in [0.15, 0.2) is 24.3 Å². The topological polar surface area (TPSA) is 78.9 Å². The van der Waals surface area contributed by atoms with Crippen molar-refractivity contribution < 1.29 is 28.6 Å². The number of carbonyl (C=O) groups excluding carboxylic acids is 3. The van der Waals surface area contributed by atoms with Crippen LogP contribution in [0.2, 0.25) is 0 Å². The Bertz CT molecular complexity index is 1160. The second kappa shape index (κ2) is 61.4. The Kier molecular flexibility index (Phi) is 59.6. The summed E-state index contributed by atoms with van der Waals surface area (Å²) < 4.78 is 16.8. The van der Waals surface area contributed by atoms with Crippen molar-refractivity contribution in [3.63, 3.8) is 0 Å². The summed E-state index contributed by atoms with van der Waals surface area (Å²) in [7, 11) is 0. The van der Waals surface area contributed by atoms with Gasteiger partial charge >= 0.3 is 17.9 Å². The predicted octanol–water partition coefficient (Wildman–Crippen LogP) is 21.8. The Morgan fingerprint density at radius 1 is 0.264 bits per heavy atom. The van der Waals surface area contributed by atoms with E-state index in [0.29, 0.717) is 19.3 Å². The van der Waals surface area contributed by atoms with E-state index in [2.05, 4.69) is 45.1 Å². The maximum Gasteiger partial charge on any atom is 0.306 e. The van der Waals surface area contributed by atoms with Gasteiger partial charge in [0.25, 0.3) is 0 Å². The van der Waals surface area contributed by atoms with Crippen LogP contribution in [-0.2, 0) is 28.6 Å². The van der Waals surface area contributed by atoms with Gasteiger partial charge in [0, 0.05) is 19.3 Å². The first-order valence-electron chi connectivity index (χ1n) is 32.3. The molecule has 0 amide bonds. The zero-order chi connectivity index (χ0) is 52.2. The Balaban J connectivity index is 3.86. The lowest BCUT2D eigenvalue weighted by Gasteiger charge is -2.18. The highest BCUT2D eigenvalue weighted by atomic mass is 16.6. The Labute approximate surface area is 449 Å². The van der Waals surface area contributed by atoms with Crippen molar-refractivity contribution in [2.75, 3.05) is 13.2 Å². The average molecular weight is 1010 g/mol. The molecule has 6 heteroatoms. The SMILES string of the molecule is CCCCC/C=C\CCCCCCCC(=O)OC(COC(=O)CCCCCCCCC)COC(=O)CCCCCCCCCCCCCCCCCCCCCCCCC/C=C\CCCCCCCCCC. The van der Waals surface area contributed by atoms with Crippen molar-refractivity contribution in [3.8, 4) is 0 Å². The monoisotopic (exact) mass is 1010 g/mol. The fraction of sp³-hybridized carbons (Fsp3) is 0.894. The molecule has 0 saturated carbocycles. The van der Waals surface area contributed by atoms with Gasteiger partial charge in [-0.05, 0) is 70.6 Å². The third-order valence-electron chi connectivity index (χ3n) is 14.7. The zero-order valence-corrected chi connectivity index (χ0v) is 48.7. The van der Waals surface area contributed by atoms with Crippen molar-refractivity contribution in [2.45, 2.75) is 367 Å². The molecule has 0 aliphatic carbocycles. The van der Waals surface area contributed by atoms with Crippen molar-refractivity contribution in [2.24, 2.45) is 0 Å². The standard InChI is InChI=1S/C66H124O6/c1-4-7-10-13-16-18-20-22-23-24-25-26-27-28-29-30-31-32-33-34-35-36-37-38-39-40-41-42-43-44-46-47-50-53-56-59-65(68)71-62-63(61-70-64(67)58-55-52-49-15-12-9-6-3)72-66(69)60-57-54-51-48-45-21-19-17-14-11-8-5-2/h17,19,24-25,63H,4-16,18,20-23,26-62H2,1-3H3/b19-17-,25-24-. The Morgan fingerprint density at radius 3 is 0.722 bits per heavy atom. The molecule has 0 aromatic rings. The van der Waals surface area contributed by atoms with E-state index in [9.17, 15) is 14.4 Å². The van der Waals surface area contributed by atoms with Crippen molar-refractivity contribution in [1.82, 2.24) is 0 Å². The van der Waals surface area contributed by atoms with E-state index in [0.717, 1.165) is 64.2 Å². The van der Waals surface area contributed by atoms with Crippen LogP contribution >= 0.6 is 0 Å². The molecule has 0 rings (SSSR count). The van der Waals surface area contributed by atoms with Gasteiger partial charge in [-0.2, -0.15) is 0 Å². The second-order valence-corrected chi connectivity index (χ2v) is 22.0. The van der Waals surface area contributed by atoms with Gasteiger partial charge < -0.3 is 14.2 Å². The molecule has 0 aliphatic rings. The molecular weight excluding hydrogens is 889 g/mol. The third kappa shape index (κ3) is 58.8. The lowest BCUT2D eigenvalue weighted by atomic mass is 10.0. The van der Waals surface area contributed by atoms with Crippen molar-refractivity contribution in [1.29, 1.82) is 0 Å². The van der Waals surface area contributed by atoms with Gasteiger partial charge in [0.15, 0.2) is 6.10 Å². The van der Waals surface area contributed by atoms with E-state index in [4.69, 9.17) is 14.2 Å². The quantitative estimate of drug-likeness (QED) is 0.0261. The molecule has 424 valence electrons. The van der Waals surface area contributed by atoms with Crippen molar-refractivity contribution in [3.05, 3.63) is 24.3 Å². The number of ether oxygens (including phenoxy) is 3. The molecule has 72 heavy (non-hydrogen) atoms. The third-order valence-corrected chi connectivity index (χ3v) is 14.7. The maximum absolute atomic E-state index is 12.8. The smallest absolute Gasteiger partial charge is 0.306 e. The number of hydrogen-bond acceptors (Lipinski definition) is 6. The predicted molar refractivity (Wildman–Crippen MR) is 312 cm³/mol. The minimum atomic E-state index is -0.768. The van der Waals surface area contributed by atoms with E-state index in [1.807, 2.05) is 0 Å². The molecule has 0 radical (unpaired) electrons. The molecule has 0 aromatic carbocycles. The summed E-state index contributed by atoms with van der Waals surface area (Å²) in [6.07, 6.45) is 73.9. The van der Waals surface area contributed by atoms with Crippen LogP contribution in [0.4, 0.5) is 0 Å². The summed E-state index contributed by atoms with van der Waals surface area (Å²) in [5.41, 5.74) is 0. The number of hydrogen-bond donors (Lipinski definition) is 0. The molecule has 0 spiro atoms. The van der Waals surface area contributed by atoms with Crippen LogP contribution in [0.3, 0.4) is 0 Å². The van der Waals surface area contributed by atoms with Crippen LogP contribution in [0.5, 0.6) is 0 Å². The van der Waals surface area contributed by atoms with E-state index in [1.54, 1.807) is 0 Å². The molecule has 0 heterocycles. The first-order chi connectivity index (χ1) is 35.5. The average Bonchev–Trinajstić information content (AvgIpc) is 3.38. The van der Waals surface area contributed by atoms with Gasteiger partial charge in [0.05, 0.1) is 0 Å². The molecular formula is C66H124O6. The minimum Gasteiger partial charge on any atom is -0.462 e. The Hall–Kier alpha value is -2.11. The number of unbranched alkanes of at least 4 members (excludes halogenated alkanes) is 45. The molecule has 0 aromatic heterocycles. The molecule has 0 N–H and O–H groups in total. The van der Waals surface area contributed by atoms with Gasteiger partial charge in [-0.1, -0.05) is 295 Å². The van der Waals surface area contributed by atoms with Gasteiger partial charge in [0.1, 0.15) is 13.2 Å². The molecule has 6 nitrogen and oxygen atoms in total. The van der Waals surface area contributed by atoms with Gasteiger partial charge in [-0.15, -0.1) is 0 Å². The second-order valence-electron chi connectivity index (χ2n) is 22.0. The minimum absolute atomic E-state index is 0.0697. The number of allylic oxidation sites excluding steroid dienone is 4. The fourth-order valence-corrected chi connectivity index (χ4v) is 9.79. The number of carbonyl (C=O) groups is 3. The van der Waals surface area contributed by atoms with E-state index < -0.39 is 6.10 Å². The lowest BCUT2D eigenvalue weighted by Crippen LogP contribution is -2.30. The highest BCUT2D eigenvalue weighted by Gasteiger charge is 2.19. The van der Waals surface area contributed by atoms with Crippen LogP contribution in [0.25, 0.3) is 0 Å². The molecule has 0 fully saturated rings. The fourth-order valence-electron chi connectivity index (χ4n) is 9.79. The normalized spacial score (nSPS) is 12.1. The van der Waals surface area contributed by atoms with Crippen LogP contribution < -0.4 is 0 Å². The van der Waals surface area contributed by atoms with Gasteiger partial charge in [0.2, 0.25) is 0 Å². The maximum atomic E-state index is 12.8. The number of rotatable bonds is 60. The summed E-state index contributed by atoms with van der Waals surface area (Å²) >= 11 is 0. The zero-order valence-electron chi connectivity index (χ0n) is 48.7. The summed E-state index contributed by atoms with van der Waals surface area (Å²) in [5.74, 6) is -0.867. The Morgan fingerprint density at radius 2 is 0.458 bits per heavy atom. The van der Waals surface area contributed by atoms with Crippen molar-refractivity contribution >= 4 is 17.9 Å². The van der Waals surface area contributed by atoms with Crippen LogP contribution in [0, 0.1) is 0 Å². The van der Waals surface area contributed by atoms with Gasteiger partial charge in [-0.25, -0.2) is 0 Å². The molecule has 0 saturated heterocycles. The summed E-state index contributed by atoms with van der Waals surface area (Å²) in [6.45, 7) is 6.61. The highest BCUT2D eigenvalue weighted by Crippen LogP contribution is 2.18. The van der Waals surface area contributed by atoms with Crippen LogP contribution in [0.1, 0.15) is 361 Å². The lowest BCUT2D eigenvalue weighted by molar-refractivity contribution is -0.167. The summed E-state index contributed by atoms with van der Waals surface area (Å²) in [6, 6.07) is 0. The summed E-state index contributed by atoms with van der Waals surface area (Å²) in [5, 5.41) is 0. The van der Waals surface area contributed by atoms with Gasteiger partial charge in [-0.3, -0.25) is 14.4 Å². The first-order valence-corrected chi connectivity index (χ1v) is 32.3. The summed E-state index contributed by atoms with van der Waals surface area (Å²) in [4.78, 5) is 37.9. The largest absolute Gasteiger partial charge is 0.462 e. The highest BCUT2D eigenvalue weighted by molar-refractivity contribution is 5.71. The molecule has 0 aliphatic heterocycles. The van der Waals surface area contributed by atoms with E-state index in [1.165, 1.54) is 257 Å². The molecule has 0 bridgehead atoms. The van der Waals surface area contributed by atoms with E-state index in [-0.39, 0.29) is 31.1 Å².